The monoisotopic (exact) mass is 442 g/mol. The molecule has 2 saturated carbocycles. The predicted molar refractivity (Wildman–Crippen MR) is 124 cm³/mol. The van der Waals surface area contributed by atoms with E-state index < -0.39 is 11.2 Å². The number of aliphatic hydroxyl groups excluding tert-OH is 1. The molecule has 11 atom stereocenters. The number of allylic oxidation sites excluding steroid dienone is 1. The van der Waals surface area contributed by atoms with Crippen LogP contribution in [-0.4, -0.2) is 34.6 Å². The number of ether oxygens (including phenoxy) is 1. The summed E-state index contributed by atoms with van der Waals surface area (Å²) in [5.74, 6) is 2.92. The quantitative estimate of drug-likeness (QED) is 0.349. The summed E-state index contributed by atoms with van der Waals surface area (Å²) in [5.41, 5.74) is 0.599. The van der Waals surface area contributed by atoms with Crippen LogP contribution >= 0.6 is 0 Å². The molecule has 3 unspecified atom stereocenters. The van der Waals surface area contributed by atoms with Gasteiger partial charge in [0.25, 0.3) is 0 Å². The van der Waals surface area contributed by atoms with Crippen LogP contribution in [0.15, 0.2) is 23.8 Å². The zero-order chi connectivity index (χ0) is 22.7. The molecule has 7 aliphatic rings. The summed E-state index contributed by atoms with van der Waals surface area (Å²) >= 11 is 0. The molecule has 7 rings (SSSR count). The van der Waals surface area contributed by atoms with Crippen molar-refractivity contribution in [2.45, 2.75) is 110 Å². The Morgan fingerprint density at radius 3 is 2.47 bits per heavy atom. The average Bonchev–Trinajstić information content (AvgIpc) is 3.47. The highest BCUT2D eigenvalue weighted by Gasteiger charge is 2.72. The molecular weight excluding hydrogens is 400 g/mol. The average molecular weight is 443 g/mol. The van der Waals surface area contributed by atoms with Crippen molar-refractivity contribution in [2.75, 3.05) is 0 Å². The summed E-state index contributed by atoms with van der Waals surface area (Å²) in [4.78, 5) is 12.7. The van der Waals surface area contributed by atoms with Crippen LogP contribution in [0.5, 0.6) is 0 Å². The number of hydrogen-bond donors (Lipinski definition) is 1. The molecule has 0 aromatic rings. The van der Waals surface area contributed by atoms with Crippen LogP contribution < -0.4 is 0 Å². The Bertz CT molecular complexity index is 863. The summed E-state index contributed by atoms with van der Waals surface area (Å²) in [6.45, 7) is 14.3. The van der Waals surface area contributed by atoms with Crippen LogP contribution in [0.4, 0.5) is 0 Å². The Kier molecular flexibility index (Phi) is 4.58. The van der Waals surface area contributed by atoms with Gasteiger partial charge in [-0.15, -0.1) is 0 Å². The first-order valence-electron chi connectivity index (χ1n) is 13.2. The second-order valence-corrected chi connectivity index (χ2v) is 13.0. The van der Waals surface area contributed by atoms with Gasteiger partial charge < -0.3 is 9.84 Å². The van der Waals surface area contributed by atoms with Crippen LogP contribution in [0, 0.1) is 40.4 Å². The van der Waals surface area contributed by atoms with Crippen molar-refractivity contribution in [2.24, 2.45) is 40.4 Å². The molecule has 4 fully saturated rings. The van der Waals surface area contributed by atoms with E-state index in [4.69, 9.17) is 14.5 Å². The van der Waals surface area contributed by atoms with Crippen LogP contribution in [0.2, 0.25) is 0 Å². The van der Waals surface area contributed by atoms with E-state index in [9.17, 15) is 5.11 Å². The maximum Gasteiger partial charge on any atom is 0.147 e. The minimum absolute atomic E-state index is 0.0817. The fourth-order valence-corrected chi connectivity index (χ4v) is 8.89. The summed E-state index contributed by atoms with van der Waals surface area (Å²) in [6, 6.07) is 0. The molecule has 1 N–H and O–H groups in total. The molecule has 4 nitrogen and oxygen atoms in total. The van der Waals surface area contributed by atoms with E-state index in [2.05, 4.69) is 59.8 Å². The topological polar surface area (TPSA) is 51.2 Å². The molecule has 3 aliphatic heterocycles. The third-order valence-corrected chi connectivity index (χ3v) is 11.4. The minimum atomic E-state index is -0.515. The smallest absolute Gasteiger partial charge is 0.147 e. The maximum absolute atomic E-state index is 10.4. The van der Waals surface area contributed by atoms with Crippen molar-refractivity contribution < 1.29 is 19.6 Å². The summed E-state index contributed by atoms with van der Waals surface area (Å²) in [6.07, 6.45) is 13.6. The molecular formula is C28H42O4. The molecule has 32 heavy (non-hydrogen) atoms. The lowest BCUT2D eigenvalue weighted by molar-refractivity contribution is -0.455. The van der Waals surface area contributed by atoms with E-state index >= 15 is 0 Å². The summed E-state index contributed by atoms with van der Waals surface area (Å²) in [7, 11) is 0. The highest BCUT2D eigenvalue weighted by Crippen LogP contribution is 2.71. The van der Waals surface area contributed by atoms with Crippen molar-refractivity contribution >= 4 is 0 Å². The molecule has 2 saturated heterocycles. The predicted octanol–water partition coefficient (Wildman–Crippen LogP) is 5.60. The van der Waals surface area contributed by atoms with Crippen LogP contribution in [-0.2, 0) is 14.5 Å². The summed E-state index contributed by atoms with van der Waals surface area (Å²) < 4.78 is 6.29. The lowest BCUT2D eigenvalue weighted by atomic mass is 9.46. The Morgan fingerprint density at radius 1 is 1.00 bits per heavy atom. The first-order chi connectivity index (χ1) is 15.1. The van der Waals surface area contributed by atoms with Crippen LogP contribution in [0.3, 0.4) is 0 Å². The molecule has 4 aliphatic carbocycles. The normalized spacial score (nSPS) is 55.1. The van der Waals surface area contributed by atoms with Crippen molar-refractivity contribution in [3.63, 3.8) is 0 Å². The zero-order valence-corrected chi connectivity index (χ0v) is 20.8. The van der Waals surface area contributed by atoms with Crippen molar-refractivity contribution in [3.05, 3.63) is 23.8 Å². The van der Waals surface area contributed by atoms with E-state index in [0.29, 0.717) is 48.2 Å². The Labute approximate surface area is 193 Å². The number of aliphatic hydroxyl groups is 1. The fourth-order valence-electron chi connectivity index (χ4n) is 8.89. The standard InChI is InChI=1S/C28H42O4/c1-16(2)17(3)23-24(30-23)18(4)20-7-8-21-25(20,5)11-10-22-26(6)12-9-19(29)15-27(26)13-14-28(21,22)32-31-27/h10,13-14,16-21,23-24,29H,7-9,11-12,15H2,1-6H3/t17-,18-,19-,20+,21?,23?,24?,25+,26+,27+,28-/m0/s1. The molecule has 0 aromatic heterocycles. The van der Waals surface area contributed by atoms with Gasteiger partial charge in [0.1, 0.15) is 11.2 Å². The Morgan fingerprint density at radius 2 is 1.78 bits per heavy atom. The molecule has 2 bridgehead atoms. The van der Waals surface area contributed by atoms with Gasteiger partial charge in [0.15, 0.2) is 0 Å². The first-order valence-corrected chi connectivity index (χ1v) is 13.2. The summed E-state index contributed by atoms with van der Waals surface area (Å²) in [5, 5.41) is 10.4. The first kappa shape index (κ1) is 21.8. The van der Waals surface area contributed by atoms with Crippen molar-refractivity contribution in [3.8, 4) is 0 Å². The van der Waals surface area contributed by atoms with Gasteiger partial charge in [-0.1, -0.05) is 47.6 Å². The Hall–Kier alpha value is -0.680. The molecule has 0 amide bonds. The Balaban J connectivity index is 1.32. The lowest BCUT2D eigenvalue weighted by Gasteiger charge is -2.66. The highest BCUT2D eigenvalue weighted by atomic mass is 17.2. The van der Waals surface area contributed by atoms with Crippen molar-refractivity contribution in [1.82, 2.24) is 0 Å². The fraction of sp³-hybridized carbons (Fsp3) is 0.857. The van der Waals surface area contributed by atoms with Gasteiger partial charge in [0.2, 0.25) is 0 Å². The zero-order valence-electron chi connectivity index (χ0n) is 20.8. The molecule has 0 radical (unpaired) electrons. The van der Waals surface area contributed by atoms with Gasteiger partial charge in [-0.2, -0.15) is 0 Å². The van der Waals surface area contributed by atoms with E-state index in [1.165, 1.54) is 18.4 Å². The van der Waals surface area contributed by atoms with Crippen LogP contribution in [0.1, 0.15) is 80.1 Å². The third kappa shape index (κ3) is 2.53. The minimum Gasteiger partial charge on any atom is -0.393 e. The van der Waals surface area contributed by atoms with Gasteiger partial charge >= 0.3 is 0 Å². The van der Waals surface area contributed by atoms with E-state index in [0.717, 1.165) is 19.3 Å². The van der Waals surface area contributed by atoms with E-state index in [1.807, 2.05) is 0 Å². The number of fused-ring (bicyclic) bond motifs is 2. The lowest BCUT2D eigenvalue weighted by Crippen LogP contribution is -2.69. The SMILES string of the molecule is CC(C)[C@H](C)C1OC1[C@@H](C)[C@H]1CCC2[C@]1(C)CC=C1[C@]23C=C[C@]2(C[C@@H](O)CC[C@]12C)OO3. The van der Waals surface area contributed by atoms with Crippen LogP contribution in [0.25, 0.3) is 0 Å². The molecule has 2 spiro atoms. The largest absolute Gasteiger partial charge is 0.393 e. The van der Waals surface area contributed by atoms with Gasteiger partial charge in [-0.3, -0.25) is 0 Å². The van der Waals surface area contributed by atoms with Gasteiger partial charge in [-0.05, 0) is 78.9 Å². The van der Waals surface area contributed by atoms with E-state index in [-0.39, 0.29) is 16.9 Å². The third-order valence-electron chi connectivity index (χ3n) is 11.4. The number of epoxide rings is 1. The van der Waals surface area contributed by atoms with Gasteiger partial charge in [0.05, 0.1) is 18.3 Å². The highest BCUT2D eigenvalue weighted by molar-refractivity contribution is 5.48. The van der Waals surface area contributed by atoms with Gasteiger partial charge in [0, 0.05) is 17.8 Å². The van der Waals surface area contributed by atoms with Crippen molar-refractivity contribution in [1.29, 1.82) is 0 Å². The number of hydrogen-bond acceptors (Lipinski definition) is 4. The second-order valence-electron chi connectivity index (χ2n) is 13.0. The second kappa shape index (κ2) is 6.71. The molecule has 0 aromatic carbocycles. The maximum atomic E-state index is 10.4. The molecule has 178 valence electrons. The number of rotatable bonds is 4. The molecule has 4 heteroatoms. The van der Waals surface area contributed by atoms with Gasteiger partial charge in [-0.25, -0.2) is 9.78 Å². The van der Waals surface area contributed by atoms with E-state index in [1.54, 1.807) is 0 Å². The molecule has 3 heterocycles.